The molecule has 542 valence electrons. The number of carbonyl (C=O) groups is 4. The van der Waals surface area contributed by atoms with Crippen molar-refractivity contribution in [3.05, 3.63) is 24.3 Å². The molecule has 5 atom stereocenters. The first-order chi connectivity index (χ1) is 44.4. The molecule has 0 saturated heterocycles. The highest BCUT2D eigenvalue weighted by molar-refractivity contribution is 7.47. The van der Waals surface area contributed by atoms with Crippen LogP contribution in [-0.2, 0) is 65.4 Å². The third kappa shape index (κ3) is 66.2. The Morgan fingerprint density at radius 3 is 0.891 bits per heavy atom. The normalized spacial score (nSPS) is 14.2. The number of phosphoric ester groups is 2. The van der Waals surface area contributed by atoms with Crippen LogP contribution in [0.5, 0.6) is 0 Å². The number of aliphatic hydroxyl groups is 1. The number of phosphoric acid groups is 2. The minimum Gasteiger partial charge on any atom is -0.462 e. The Labute approximate surface area is 561 Å². The van der Waals surface area contributed by atoms with Crippen LogP contribution in [0, 0.1) is 11.8 Å². The van der Waals surface area contributed by atoms with E-state index in [0.717, 1.165) is 115 Å². The van der Waals surface area contributed by atoms with Gasteiger partial charge in [-0.15, -0.1) is 0 Å². The molecule has 3 N–H and O–H groups in total. The molecule has 0 aliphatic carbocycles. The zero-order valence-corrected chi connectivity index (χ0v) is 61.1. The Hall–Kier alpha value is -2.46. The van der Waals surface area contributed by atoms with Crippen LogP contribution >= 0.6 is 15.6 Å². The zero-order valence-electron chi connectivity index (χ0n) is 59.3. The molecule has 0 aromatic heterocycles. The topological polar surface area (TPSA) is 237 Å². The molecule has 0 saturated carbocycles. The molecule has 0 fully saturated rings. The van der Waals surface area contributed by atoms with Crippen molar-refractivity contribution in [2.24, 2.45) is 11.8 Å². The van der Waals surface area contributed by atoms with Crippen molar-refractivity contribution in [2.75, 3.05) is 39.6 Å². The Bertz CT molecular complexity index is 1880. The van der Waals surface area contributed by atoms with Crippen molar-refractivity contribution in [2.45, 2.75) is 368 Å². The van der Waals surface area contributed by atoms with Crippen molar-refractivity contribution < 1.29 is 80.2 Å². The van der Waals surface area contributed by atoms with E-state index in [9.17, 15) is 43.2 Å². The van der Waals surface area contributed by atoms with Crippen molar-refractivity contribution in [3.63, 3.8) is 0 Å². The second kappa shape index (κ2) is 64.5. The fraction of sp³-hybridized carbons (Fsp3) is 0.890. The summed E-state index contributed by atoms with van der Waals surface area (Å²) < 4.78 is 68.3. The van der Waals surface area contributed by atoms with Gasteiger partial charge in [0.05, 0.1) is 26.4 Å². The molecule has 17 nitrogen and oxygen atoms in total. The lowest BCUT2D eigenvalue weighted by Gasteiger charge is -2.21. The number of rotatable bonds is 70. The van der Waals surface area contributed by atoms with Gasteiger partial charge in [0.15, 0.2) is 12.2 Å². The molecule has 0 aromatic rings. The number of hydrogen-bond acceptors (Lipinski definition) is 15. The summed E-state index contributed by atoms with van der Waals surface area (Å²) in [5.74, 6) is -0.667. The molecule has 92 heavy (non-hydrogen) atoms. The highest BCUT2D eigenvalue weighted by Gasteiger charge is 2.30. The first kappa shape index (κ1) is 89.5. The van der Waals surface area contributed by atoms with E-state index in [4.69, 9.17) is 37.0 Å². The fourth-order valence-electron chi connectivity index (χ4n) is 10.6. The summed E-state index contributed by atoms with van der Waals surface area (Å²) in [6.45, 7) is 9.46. The van der Waals surface area contributed by atoms with Crippen molar-refractivity contribution in [3.8, 4) is 0 Å². The molecule has 0 rings (SSSR count). The molecule has 0 spiro atoms. The van der Waals surface area contributed by atoms with Crippen molar-refractivity contribution in [1.29, 1.82) is 0 Å². The Morgan fingerprint density at radius 2 is 0.587 bits per heavy atom. The van der Waals surface area contributed by atoms with Crippen LogP contribution in [0.4, 0.5) is 0 Å². The molecule has 19 heteroatoms. The van der Waals surface area contributed by atoms with E-state index in [0.29, 0.717) is 31.6 Å². The second-order valence-electron chi connectivity index (χ2n) is 26.6. The lowest BCUT2D eigenvalue weighted by atomic mass is 10.0. The molecule has 0 radical (unpaired) electrons. The number of unbranched alkanes of at least 4 members (excludes halogenated alkanes) is 37. The van der Waals surface area contributed by atoms with Crippen LogP contribution in [0.3, 0.4) is 0 Å². The number of aliphatic hydroxyl groups excluding tert-OH is 1. The quantitative estimate of drug-likeness (QED) is 0.0169. The standard InChI is InChI=1S/C73H138O17P2/c1-7-9-11-13-15-17-19-21-22-23-29-33-39-46-52-58-73(78)89-68(61-83-70(75)55-49-43-37-31-28-25-24-26-30-35-41-47-53-65(3)4)63-87-91(79,80)85-59-67(74)60-86-92(81,82)88-64-69(62-84-71(76)56-50-44-40-34-36-42-48-54-66(5)6)90-72(77)57-51-45-38-32-27-20-18-16-14-12-10-8-2/h17,19,21-22,65-69,74H,7-16,18,20,23-64H2,1-6H3,(H,79,80)(H,81,82)/b19-17-,22-21-/t67-,68-,69-/m1/s1. The summed E-state index contributed by atoms with van der Waals surface area (Å²) >= 11 is 0. The van der Waals surface area contributed by atoms with Crippen LogP contribution in [0.2, 0.25) is 0 Å². The molecule has 0 aromatic carbocycles. The lowest BCUT2D eigenvalue weighted by Crippen LogP contribution is -2.30. The van der Waals surface area contributed by atoms with Gasteiger partial charge in [0.25, 0.3) is 0 Å². The predicted molar refractivity (Wildman–Crippen MR) is 372 cm³/mol. The van der Waals surface area contributed by atoms with Gasteiger partial charge in [-0.05, 0) is 63.2 Å². The average molecular weight is 1350 g/mol. The van der Waals surface area contributed by atoms with Crippen molar-refractivity contribution >= 4 is 39.5 Å². The van der Waals surface area contributed by atoms with Crippen LogP contribution < -0.4 is 0 Å². The van der Waals surface area contributed by atoms with E-state index in [1.54, 1.807) is 0 Å². The highest BCUT2D eigenvalue weighted by atomic mass is 31.2. The van der Waals surface area contributed by atoms with Gasteiger partial charge in [-0.1, -0.05) is 297 Å². The Kier molecular flexibility index (Phi) is 62.8. The second-order valence-corrected chi connectivity index (χ2v) is 29.5. The molecule has 0 aliphatic heterocycles. The maximum Gasteiger partial charge on any atom is 0.472 e. The zero-order chi connectivity index (χ0) is 67.9. The van der Waals surface area contributed by atoms with Crippen LogP contribution in [0.25, 0.3) is 0 Å². The monoisotopic (exact) mass is 1350 g/mol. The van der Waals surface area contributed by atoms with Gasteiger partial charge in [-0.2, -0.15) is 0 Å². The molecule has 0 bridgehead atoms. The van der Waals surface area contributed by atoms with Crippen LogP contribution in [0.1, 0.15) is 350 Å². The maximum atomic E-state index is 13.0. The van der Waals surface area contributed by atoms with E-state index in [-0.39, 0.29) is 25.7 Å². The Morgan fingerprint density at radius 1 is 0.337 bits per heavy atom. The SMILES string of the molecule is CCCCCC/C=C\C=C/CCCCCCCC(=O)O[C@H](COC(=O)CCCCCCCCCCCCCCC(C)C)COP(=O)(O)OC[C@@H](O)COP(=O)(O)OC[C@@H](COC(=O)CCCCCCCCCC(C)C)OC(=O)CCCCCCCCCCCCCC. The summed E-state index contributed by atoms with van der Waals surface area (Å²) in [6, 6.07) is 0. The number of ether oxygens (including phenoxy) is 4. The van der Waals surface area contributed by atoms with E-state index < -0.39 is 97.5 Å². The van der Waals surface area contributed by atoms with Gasteiger partial charge >= 0.3 is 39.5 Å². The van der Waals surface area contributed by atoms with Gasteiger partial charge in [0, 0.05) is 25.7 Å². The van der Waals surface area contributed by atoms with Crippen LogP contribution in [0.15, 0.2) is 24.3 Å². The minimum atomic E-state index is -4.96. The summed E-state index contributed by atoms with van der Waals surface area (Å²) in [5.41, 5.74) is 0. The summed E-state index contributed by atoms with van der Waals surface area (Å²) in [7, 11) is -9.92. The van der Waals surface area contributed by atoms with E-state index >= 15 is 0 Å². The first-order valence-electron chi connectivity index (χ1n) is 37.3. The number of hydrogen-bond donors (Lipinski definition) is 3. The third-order valence-corrected chi connectivity index (χ3v) is 18.2. The number of carbonyl (C=O) groups excluding carboxylic acids is 4. The lowest BCUT2D eigenvalue weighted by molar-refractivity contribution is -0.161. The van der Waals surface area contributed by atoms with E-state index in [1.807, 2.05) is 0 Å². The van der Waals surface area contributed by atoms with Crippen molar-refractivity contribution in [1.82, 2.24) is 0 Å². The number of esters is 4. The molecular formula is C73H138O17P2. The number of allylic oxidation sites excluding steroid dienone is 4. The average Bonchev–Trinajstić information content (AvgIpc) is 2.16. The van der Waals surface area contributed by atoms with Gasteiger partial charge in [0.2, 0.25) is 0 Å². The van der Waals surface area contributed by atoms with Gasteiger partial charge < -0.3 is 33.8 Å². The van der Waals surface area contributed by atoms with Gasteiger partial charge in [0.1, 0.15) is 19.3 Å². The maximum absolute atomic E-state index is 13.0. The molecular weight excluding hydrogens is 1210 g/mol. The minimum absolute atomic E-state index is 0.0849. The predicted octanol–water partition coefficient (Wildman–Crippen LogP) is 20.7. The molecule has 2 unspecified atom stereocenters. The van der Waals surface area contributed by atoms with Gasteiger partial charge in [-0.3, -0.25) is 37.3 Å². The smallest absolute Gasteiger partial charge is 0.462 e. The molecule has 0 aliphatic rings. The molecule has 0 heterocycles. The summed E-state index contributed by atoms with van der Waals surface area (Å²) in [4.78, 5) is 72.6. The van der Waals surface area contributed by atoms with E-state index in [2.05, 4.69) is 65.8 Å². The largest absolute Gasteiger partial charge is 0.472 e. The third-order valence-electron chi connectivity index (χ3n) is 16.3. The van der Waals surface area contributed by atoms with E-state index in [1.165, 1.54) is 148 Å². The van der Waals surface area contributed by atoms with Gasteiger partial charge in [-0.25, -0.2) is 9.13 Å². The van der Waals surface area contributed by atoms with Crippen LogP contribution in [-0.4, -0.2) is 96.7 Å². The molecule has 0 amide bonds. The highest BCUT2D eigenvalue weighted by Crippen LogP contribution is 2.45. The Balaban J connectivity index is 5.29. The summed E-state index contributed by atoms with van der Waals surface area (Å²) in [6.07, 6.45) is 53.5. The fourth-order valence-corrected chi connectivity index (χ4v) is 12.2. The summed E-state index contributed by atoms with van der Waals surface area (Å²) in [5, 5.41) is 10.6. The first-order valence-corrected chi connectivity index (χ1v) is 40.3.